The van der Waals surface area contributed by atoms with Crippen molar-refractivity contribution in [2.75, 3.05) is 5.73 Å². The van der Waals surface area contributed by atoms with Gasteiger partial charge in [-0.05, 0) is 18.3 Å². The number of nitrogen functional groups attached to an aromatic ring is 1. The molecular formula is C10H14N4O. The normalized spacial score (nSPS) is 21.3. The number of oxime groups is 1. The van der Waals surface area contributed by atoms with Gasteiger partial charge in [0.1, 0.15) is 0 Å². The summed E-state index contributed by atoms with van der Waals surface area (Å²) in [7, 11) is 0. The minimum absolute atomic E-state index is 0.0509. The van der Waals surface area contributed by atoms with E-state index in [1.54, 1.807) is 6.20 Å². The monoisotopic (exact) mass is 206 g/mol. The Morgan fingerprint density at radius 1 is 1.47 bits per heavy atom. The molecule has 0 atom stereocenters. The van der Waals surface area contributed by atoms with E-state index in [1.807, 2.05) is 0 Å². The number of rotatable bonds is 0. The molecule has 5 nitrogen and oxygen atoms in total. The van der Waals surface area contributed by atoms with Crippen molar-refractivity contribution in [1.82, 2.24) is 9.97 Å². The van der Waals surface area contributed by atoms with Crippen molar-refractivity contribution in [2.24, 2.45) is 10.6 Å². The Bertz CT molecular complexity index is 425. The van der Waals surface area contributed by atoms with Crippen LogP contribution in [0.5, 0.6) is 0 Å². The molecular weight excluding hydrogens is 192 g/mol. The maximum atomic E-state index is 8.94. The summed E-state index contributed by atoms with van der Waals surface area (Å²) in [5, 5.41) is 12.3. The number of fused-ring (bicyclic) bond motifs is 1. The molecule has 0 saturated carbocycles. The van der Waals surface area contributed by atoms with Gasteiger partial charge in [-0.1, -0.05) is 19.0 Å². The van der Waals surface area contributed by atoms with Crippen LogP contribution in [0.3, 0.4) is 0 Å². The molecule has 0 amide bonds. The largest absolute Gasteiger partial charge is 0.411 e. The van der Waals surface area contributed by atoms with E-state index in [-0.39, 0.29) is 11.4 Å². The van der Waals surface area contributed by atoms with Crippen LogP contribution in [0.4, 0.5) is 5.95 Å². The average Bonchev–Trinajstić information content (AvgIpc) is 2.14. The summed E-state index contributed by atoms with van der Waals surface area (Å²) in [6, 6.07) is 0. The standard InChI is InChI=1S/C10H14N4O/c1-10(2)3-7-6(8(4-10)14-15)5-12-9(11)13-7/h5,15H,3-4H2,1-2H3,(H2,11,12,13)/b14-8+. The van der Waals surface area contributed by atoms with Gasteiger partial charge in [-0.3, -0.25) is 0 Å². The van der Waals surface area contributed by atoms with Gasteiger partial charge in [-0.15, -0.1) is 0 Å². The van der Waals surface area contributed by atoms with E-state index in [2.05, 4.69) is 29.0 Å². The van der Waals surface area contributed by atoms with Crippen LogP contribution in [0.15, 0.2) is 11.4 Å². The van der Waals surface area contributed by atoms with Crippen molar-refractivity contribution < 1.29 is 5.21 Å². The van der Waals surface area contributed by atoms with E-state index in [9.17, 15) is 0 Å². The predicted octanol–water partition coefficient (Wildman–Crippen LogP) is 1.21. The molecule has 1 heterocycles. The predicted molar refractivity (Wildman–Crippen MR) is 56.9 cm³/mol. The summed E-state index contributed by atoms with van der Waals surface area (Å²) in [6.07, 6.45) is 3.18. The Hall–Kier alpha value is -1.65. The number of hydrogen-bond donors (Lipinski definition) is 2. The zero-order valence-corrected chi connectivity index (χ0v) is 8.86. The molecule has 1 aromatic rings. The third-order valence-electron chi connectivity index (χ3n) is 2.61. The van der Waals surface area contributed by atoms with Crippen LogP contribution in [-0.2, 0) is 6.42 Å². The molecule has 80 valence electrons. The second kappa shape index (κ2) is 3.18. The lowest BCUT2D eigenvalue weighted by Crippen LogP contribution is -2.29. The van der Waals surface area contributed by atoms with Crippen molar-refractivity contribution in [3.63, 3.8) is 0 Å². The summed E-state index contributed by atoms with van der Waals surface area (Å²) < 4.78 is 0. The molecule has 0 aliphatic heterocycles. The van der Waals surface area contributed by atoms with Gasteiger partial charge >= 0.3 is 0 Å². The number of hydrogen-bond acceptors (Lipinski definition) is 5. The molecule has 3 N–H and O–H groups in total. The molecule has 5 heteroatoms. The molecule has 0 unspecified atom stereocenters. The molecule has 0 aromatic carbocycles. The fourth-order valence-electron chi connectivity index (χ4n) is 1.96. The van der Waals surface area contributed by atoms with E-state index >= 15 is 0 Å². The molecule has 2 rings (SSSR count). The Balaban J connectivity index is 2.54. The van der Waals surface area contributed by atoms with Crippen LogP contribution in [0, 0.1) is 5.41 Å². The third kappa shape index (κ3) is 1.77. The van der Waals surface area contributed by atoms with E-state index in [1.165, 1.54) is 0 Å². The minimum atomic E-state index is 0.0509. The SMILES string of the molecule is CC1(C)C/C(=N\O)c2cnc(N)nc2C1. The summed E-state index contributed by atoms with van der Waals surface area (Å²) in [5.74, 6) is 0.267. The van der Waals surface area contributed by atoms with E-state index < -0.39 is 0 Å². The van der Waals surface area contributed by atoms with Gasteiger partial charge in [0.05, 0.1) is 11.4 Å². The van der Waals surface area contributed by atoms with Crippen LogP contribution in [0.2, 0.25) is 0 Å². The zero-order chi connectivity index (χ0) is 11.1. The van der Waals surface area contributed by atoms with Gasteiger partial charge in [0.25, 0.3) is 0 Å². The Kier molecular flexibility index (Phi) is 2.10. The van der Waals surface area contributed by atoms with Gasteiger partial charge in [0.15, 0.2) is 0 Å². The van der Waals surface area contributed by atoms with Gasteiger partial charge in [0, 0.05) is 11.8 Å². The lowest BCUT2D eigenvalue weighted by molar-refractivity contribution is 0.305. The van der Waals surface area contributed by atoms with Crippen LogP contribution in [0.1, 0.15) is 31.5 Å². The second-order valence-corrected chi connectivity index (χ2v) is 4.65. The molecule has 15 heavy (non-hydrogen) atoms. The smallest absolute Gasteiger partial charge is 0.220 e. The maximum absolute atomic E-state index is 8.94. The minimum Gasteiger partial charge on any atom is -0.411 e. The molecule has 0 spiro atoms. The molecule has 0 fully saturated rings. The zero-order valence-electron chi connectivity index (χ0n) is 8.86. The number of nitrogens with zero attached hydrogens (tertiary/aromatic N) is 3. The highest BCUT2D eigenvalue weighted by atomic mass is 16.4. The van der Waals surface area contributed by atoms with Gasteiger partial charge in [-0.25, -0.2) is 9.97 Å². The lowest BCUT2D eigenvalue weighted by Gasteiger charge is -2.30. The first-order chi connectivity index (χ1) is 7.02. The van der Waals surface area contributed by atoms with Gasteiger partial charge in [-0.2, -0.15) is 0 Å². The van der Waals surface area contributed by atoms with E-state index in [0.717, 1.165) is 24.1 Å². The maximum Gasteiger partial charge on any atom is 0.220 e. The molecule has 0 bridgehead atoms. The molecule has 0 saturated heterocycles. The Morgan fingerprint density at radius 2 is 2.20 bits per heavy atom. The van der Waals surface area contributed by atoms with E-state index in [4.69, 9.17) is 10.9 Å². The highest BCUT2D eigenvalue weighted by Crippen LogP contribution is 2.33. The molecule has 0 radical (unpaired) electrons. The van der Waals surface area contributed by atoms with Gasteiger partial charge in [0.2, 0.25) is 5.95 Å². The highest BCUT2D eigenvalue weighted by Gasteiger charge is 2.31. The quantitative estimate of drug-likeness (QED) is 0.493. The second-order valence-electron chi connectivity index (χ2n) is 4.65. The average molecular weight is 206 g/mol. The summed E-state index contributed by atoms with van der Waals surface area (Å²) in [6.45, 7) is 4.22. The first-order valence-electron chi connectivity index (χ1n) is 4.84. The van der Waals surface area contributed by atoms with Crippen molar-refractivity contribution in [1.29, 1.82) is 0 Å². The van der Waals surface area contributed by atoms with Crippen LogP contribution in [-0.4, -0.2) is 20.9 Å². The van der Waals surface area contributed by atoms with Crippen molar-refractivity contribution >= 4 is 11.7 Å². The van der Waals surface area contributed by atoms with Crippen molar-refractivity contribution in [3.05, 3.63) is 17.5 Å². The Labute approximate surface area is 88.0 Å². The number of anilines is 1. The number of aromatic nitrogens is 2. The van der Waals surface area contributed by atoms with Crippen molar-refractivity contribution in [3.8, 4) is 0 Å². The molecule has 1 aromatic heterocycles. The van der Waals surface area contributed by atoms with Crippen molar-refractivity contribution in [2.45, 2.75) is 26.7 Å². The number of nitrogens with two attached hydrogens (primary N) is 1. The topological polar surface area (TPSA) is 84.4 Å². The molecule has 1 aliphatic rings. The first kappa shape index (κ1) is 9.89. The van der Waals surface area contributed by atoms with Crippen LogP contribution >= 0.6 is 0 Å². The fourth-order valence-corrected chi connectivity index (χ4v) is 1.96. The fraction of sp³-hybridized carbons (Fsp3) is 0.500. The summed E-state index contributed by atoms with van der Waals surface area (Å²) >= 11 is 0. The third-order valence-corrected chi connectivity index (χ3v) is 2.61. The first-order valence-corrected chi connectivity index (χ1v) is 4.84. The highest BCUT2D eigenvalue weighted by molar-refractivity contribution is 6.02. The van der Waals surface area contributed by atoms with E-state index in [0.29, 0.717) is 5.71 Å². The summed E-state index contributed by atoms with van der Waals surface area (Å²) in [5.41, 5.74) is 7.90. The Morgan fingerprint density at radius 3 is 2.87 bits per heavy atom. The van der Waals surface area contributed by atoms with Gasteiger partial charge < -0.3 is 10.9 Å². The summed E-state index contributed by atoms with van der Waals surface area (Å²) in [4.78, 5) is 8.10. The van der Waals surface area contributed by atoms with Crippen LogP contribution in [0.25, 0.3) is 0 Å². The molecule has 1 aliphatic carbocycles. The van der Waals surface area contributed by atoms with Crippen LogP contribution < -0.4 is 5.73 Å². The lowest BCUT2D eigenvalue weighted by atomic mass is 9.76.